The number of ketones is 1. The number of Topliss-reactive ketones (excluding diaryl/α,β-unsaturated/α-hetero) is 1. The molecule has 1 aliphatic rings. The van der Waals surface area contributed by atoms with Crippen molar-refractivity contribution in [3.63, 3.8) is 0 Å². The van der Waals surface area contributed by atoms with Gasteiger partial charge in [-0.15, -0.1) is 11.3 Å². The first-order chi connectivity index (χ1) is 13.9. The summed E-state index contributed by atoms with van der Waals surface area (Å²) in [6.45, 7) is 9.93. The van der Waals surface area contributed by atoms with E-state index in [1.54, 1.807) is 30.0 Å². The van der Waals surface area contributed by atoms with Crippen LogP contribution in [-0.2, 0) is 4.79 Å². The van der Waals surface area contributed by atoms with Gasteiger partial charge in [-0.2, -0.15) is 0 Å². The van der Waals surface area contributed by atoms with E-state index < -0.39 is 17.7 Å². The fourth-order valence-corrected chi connectivity index (χ4v) is 4.37. The van der Waals surface area contributed by atoms with Crippen molar-refractivity contribution in [1.29, 1.82) is 0 Å². The van der Waals surface area contributed by atoms with Crippen molar-refractivity contribution < 1.29 is 19.4 Å². The number of amides is 1. The Morgan fingerprint density at radius 3 is 2.79 bits per heavy atom. The maximum atomic E-state index is 13.4. The number of nitrogens with zero attached hydrogens (tertiary/aromatic N) is 2. The molecule has 1 unspecified atom stereocenters. The van der Waals surface area contributed by atoms with Crippen LogP contribution in [0.5, 0.6) is 5.75 Å². The fourth-order valence-electron chi connectivity index (χ4n) is 3.50. The summed E-state index contributed by atoms with van der Waals surface area (Å²) in [6.07, 6.45) is 2.34. The Labute approximate surface area is 174 Å². The summed E-state index contributed by atoms with van der Waals surface area (Å²) < 4.78 is 5.61. The summed E-state index contributed by atoms with van der Waals surface area (Å²) in [5.41, 5.74) is 1.40. The highest BCUT2D eigenvalue weighted by atomic mass is 32.1. The van der Waals surface area contributed by atoms with Gasteiger partial charge < -0.3 is 14.7 Å². The first kappa shape index (κ1) is 20.8. The maximum absolute atomic E-state index is 13.4. The highest BCUT2D eigenvalue weighted by Crippen LogP contribution is 2.40. The van der Waals surface area contributed by atoms with E-state index in [1.807, 2.05) is 26.0 Å². The van der Waals surface area contributed by atoms with Gasteiger partial charge in [-0.1, -0.05) is 31.7 Å². The van der Waals surface area contributed by atoms with Crippen LogP contribution in [0.25, 0.3) is 0 Å². The van der Waals surface area contributed by atoms with E-state index in [0.717, 1.165) is 5.01 Å². The summed E-state index contributed by atoms with van der Waals surface area (Å²) in [5.74, 6) is -0.776. The molecular formula is C22H24N2O4S. The molecule has 7 heteroatoms. The van der Waals surface area contributed by atoms with E-state index in [-0.39, 0.29) is 11.4 Å². The second-order valence-electron chi connectivity index (χ2n) is 6.81. The molecule has 0 bridgehead atoms. The lowest BCUT2D eigenvalue weighted by atomic mass is 9.95. The zero-order chi connectivity index (χ0) is 21.1. The van der Waals surface area contributed by atoms with E-state index >= 15 is 0 Å². The van der Waals surface area contributed by atoms with Crippen LogP contribution >= 0.6 is 11.3 Å². The van der Waals surface area contributed by atoms with Gasteiger partial charge in [0.05, 0.1) is 27.2 Å². The molecule has 1 N–H and O–H groups in total. The quantitative estimate of drug-likeness (QED) is 0.516. The summed E-state index contributed by atoms with van der Waals surface area (Å²) in [4.78, 5) is 32.4. The van der Waals surface area contributed by atoms with Crippen molar-refractivity contribution in [3.05, 3.63) is 69.4 Å². The molecular weight excluding hydrogens is 388 g/mol. The van der Waals surface area contributed by atoms with Gasteiger partial charge in [-0.25, -0.2) is 4.98 Å². The van der Waals surface area contributed by atoms with E-state index in [2.05, 4.69) is 11.6 Å². The second kappa shape index (κ2) is 8.61. The van der Waals surface area contributed by atoms with Gasteiger partial charge in [-0.05, 0) is 38.0 Å². The van der Waals surface area contributed by atoms with Crippen molar-refractivity contribution in [1.82, 2.24) is 9.88 Å². The minimum atomic E-state index is -0.677. The molecule has 1 amide bonds. The van der Waals surface area contributed by atoms with E-state index in [1.165, 1.54) is 11.3 Å². The number of thiazole rings is 1. The maximum Gasteiger partial charge on any atom is 0.290 e. The van der Waals surface area contributed by atoms with Gasteiger partial charge in [0.15, 0.2) is 5.76 Å². The minimum absolute atomic E-state index is 0.0936. The predicted molar refractivity (Wildman–Crippen MR) is 112 cm³/mol. The molecule has 0 saturated carbocycles. The highest BCUT2D eigenvalue weighted by Gasteiger charge is 2.44. The largest absolute Gasteiger partial charge is 0.503 e. The van der Waals surface area contributed by atoms with Crippen LogP contribution in [0.15, 0.2) is 48.3 Å². The number of ether oxygens (including phenoxy) is 1. The number of carbonyl (C=O) groups excluding carboxylic acids is 2. The average Bonchev–Trinajstić information content (AvgIpc) is 3.17. The molecule has 0 spiro atoms. The second-order valence-corrected chi connectivity index (χ2v) is 8.02. The molecule has 2 aromatic rings. The number of aromatic nitrogens is 1. The lowest BCUT2D eigenvalue weighted by Gasteiger charge is -2.26. The lowest BCUT2D eigenvalue weighted by molar-refractivity contribution is -0.129. The molecule has 1 atom stereocenters. The van der Waals surface area contributed by atoms with Gasteiger partial charge in [0.25, 0.3) is 5.91 Å². The molecule has 1 aliphatic heterocycles. The van der Waals surface area contributed by atoms with Crippen LogP contribution in [0.3, 0.4) is 0 Å². The third-order valence-electron chi connectivity index (χ3n) is 4.66. The molecule has 0 radical (unpaired) electrons. The van der Waals surface area contributed by atoms with Crippen molar-refractivity contribution in [2.75, 3.05) is 13.2 Å². The molecule has 1 aromatic carbocycles. The Balaban J connectivity index is 2.09. The van der Waals surface area contributed by atoms with Crippen molar-refractivity contribution in [2.24, 2.45) is 0 Å². The number of rotatable bonds is 8. The standard InChI is InChI=1S/C22H24N2O4S/c1-5-10-24-18(15-8-7-9-16(12-15)28-11-6-2)17(20(26)22(24)27)19(25)21-13(3)23-14(4)29-21/h6-9,12,18,26H,2,5,10-11H2,1,3-4H3. The van der Waals surface area contributed by atoms with Crippen molar-refractivity contribution in [3.8, 4) is 5.75 Å². The monoisotopic (exact) mass is 412 g/mol. The Hall–Kier alpha value is -2.93. The average molecular weight is 413 g/mol. The number of aryl methyl sites for hydroxylation is 2. The van der Waals surface area contributed by atoms with Crippen LogP contribution in [0, 0.1) is 13.8 Å². The Kier molecular flexibility index (Phi) is 6.17. The van der Waals surface area contributed by atoms with E-state index in [4.69, 9.17) is 4.74 Å². The molecule has 6 nitrogen and oxygen atoms in total. The molecule has 152 valence electrons. The molecule has 0 aliphatic carbocycles. The number of hydrogen-bond acceptors (Lipinski definition) is 6. The normalized spacial score (nSPS) is 16.4. The molecule has 29 heavy (non-hydrogen) atoms. The highest BCUT2D eigenvalue weighted by molar-refractivity contribution is 7.14. The molecule has 0 fully saturated rings. The van der Waals surface area contributed by atoms with Gasteiger partial charge in [0.1, 0.15) is 12.4 Å². The van der Waals surface area contributed by atoms with Crippen molar-refractivity contribution in [2.45, 2.75) is 33.2 Å². The topological polar surface area (TPSA) is 79.7 Å². The third-order valence-corrected chi connectivity index (χ3v) is 5.74. The Morgan fingerprint density at radius 1 is 1.41 bits per heavy atom. The summed E-state index contributed by atoms with van der Waals surface area (Å²) in [6, 6.07) is 6.56. The lowest BCUT2D eigenvalue weighted by Crippen LogP contribution is -2.31. The zero-order valence-corrected chi connectivity index (χ0v) is 17.6. The van der Waals surface area contributed by atoms with Crippen LogP contribution in [0.1, 0.15) is 45.3 Å². The molecule has 3 rings (SSSR count). The fraction of sp³-hybridized carbons (Fsp3) is 0.318. The Morgan fingerprint density at radius 2 is 2.17 bits per heavy atom. The number of carbonyl (C=O) groups is 2. The van der Waals surface area contributed by atoms with Crippen molar-refractivity contribution >= 4 is 23.0 Å². The summed E-state index contributed by atoms with van der Waals surface area (Å²) in [5, 5.41) is 11.4. The van der Waals surface area contributed by atoms with Crippen LogP contribution < -0.4 is 4.74 Å². The van der Waals surface area contributed by atoms with Gasteiger partial charge in [0.2, 0.25) is 5.78 Å². The number of aliphatic hydroxyl groups is 1. The third kappa shape index (κ3) is 3.96. The van der Waals surface area contributed by atoms with Crippen LogP contribution in [-0.4, -0.2) is 39.8 Å². The smallest absolute Gasteiger partial charge is 0.290 e. The zero-order valence-electron chi connectivity index (χ0n) is 16.8. The molecule has 0 saturated heterocycles. The van der Waals surface area contributed by atoms with Gasteiger partial charge >= 0.3 is 0 Å². The Bertz CT molecular complexity index is 992. The minimum Gasteiger partial charge on any atom is -0.503 e. The molecule has 1 aromatic heterocycles. The van der Waals surface area contributed by atoms with E-state index in [0.29, 0.717) is 41.5 Å². The number of aliphatic hydroxyl groups excluding tert-OH is 1. The van der Waals surface area contributed by atoms with Gasteiger partial charge in [0, 0.05) is 6.54 Å². The first-order valence-electron chi connectivity index (χ1n) is 9.45. The number of benzene rings is 1. The first-order valence-corrected chi connectivity index (χ1v) is 10.3. The summed E-state index contributed by atoms with van der Waals surface area (Å²) >= 11 is 1.27. The van der Waals surface area contributed by atoms with E-state index in [9.17, 15) is 14.7 Å². The molecule has 2 heterocycles. The van der Waals surface area contributed by atoms with Crippen LogP contribution in [0.2, 0.25) is 0 Å². The van der Waals surface area contributed by atoms with Crippen LogP contribution in [0.4, 0.5) is 0 Å². The van der Waals surface area contributed by atoms with Gasteiger partial charge in [-0.3, -0.25) is 9.59 Å². The SMILES string of the molecule is C=CCOc1cccc(C2C(C(=O)c3sc(C)nc3C)=C(O)C(=O)N2CCC)c1. The number of hydrogen-bond donors (Lipinski definition) is 1. The summed E-state index contributed by atoms with van der Waals surface area (Å²) in [7, 11) is 0. The predicted octanol–water partition coefficient (Wildman–Crippen LogP) is 4.31.